The van der Waals surface area contributed by atoms with Crippen LogP contribution >= 0.6 is 11.3 Å². The van der Waals surface area contributed by atoms with Crippen LogP contribution in [0.5, 0.6) is 0 Å². The third-order valence-electron chi connectivity index (χ3n) is 3.46. The molecular formula is C17H15FN2OS. The van der Waals surface area contributed by atoms with Crippen molar-refractivity contribution in [2.75, 3.05) is 0 Å². The summed E-state index contributed by atoms with van der Waals surface area (Å²) in [6.45, 7) is 3.74. The van der Waals surface area contributed by atoms with E-state index in [0.29, 0.717) is 22.2 Å². The Labute approximate surface area is 131 Å². The van der Waals surface area contributed by atoms with Crippen LogP contribution in [-0.4, -0.2) is 10.9 Å². The molecule has 1 N–H and O–H groups in total. The molecule has 1 atom stereocenters. The number of hydrogen-bond acceptors (Lipinski definition) is 3. The highest BCUT2D eigenvalue weighted by atomic mass is 32.1. The number of thiophene rings is 1. The van der Waals surface area contributed by atoms with Crippen LogP contribution < -0.4 is 5.32 Å². The van der Waals surface area contributed by atoms with E-state index in [1.54, 1.807) is 30.4 Å². The van der Waals surface area contributed by atoms with Crippen LogP contribution in [0.25, 0.3) is 10.9 Å². The molecule has 0 spiro atoms. The molecule has 2 heterocycles. The second-order valence-electron chi connectivity index (χ2n) is 5.18. The molecule has 0 aliphatic heterocycles. The minimum Gasteiger partial charge on any atom is -0.345 e. The monoisotopic (exact) mass is 314 g/mol. The lowest BCUT2D eigenvalue weighted by molar-refractivity contribution is 0.0942. The van der Waals surface area contributed by atoms with Crippen molar-refractivity contribution in [3.05, 3.63) is 63.7 Å². The maximum absolute atomic E-state index is 13.4. The molecule has 3 rings (SSSR count). The standard InChI is InChI=1S/C17H15FN2OS/c1-10-8-14(13-6-5-12(18)9-15(13)19-10)17(21)20-11(2)16-4-3-7-22-16/h3-9,11H,1-2H3,(H,20,21). The average molecular weight is 314 g/mol. The lowest BCUT2D eigenvalue weighted by Gasteiger charge is -2.14. The maximum atomic E-state index is 13.4. The molecule has 0 aliphatic rings. The van der Waals surface area contributed by atoms with Crippen LogP contribution in [0.1, 0.15) is 33.9 Å². The molecule has 22 heavy (non-hydrogen) atoms. The second-order valence-corrected chi connectivity index (χ2v) is 6.16. The summed E-state index contributed by atoms with van der Waals surface area (Å²) in [5.74, 6) is -0.535. The number of carbonyl (C=O) groups is 1. The van der Waals surface area contributed by atoms with Crippen molar-refractivity contribution in [3.8, 4) is 0 Å². The first-order chi connectivity index (χ1) is 10.5. The zero-order chi connectivity index (χ0) is 15.7. The van der Waals surface area contributed by atoms with Gasteiger partial charge >= 0.3 is 0 Å². The third kappa shape index (κ3) is 2.85. The SMILES string of the molecule is Cc1cc(C(=O)NC(C)c2cccs2)c2ccc(F)cc2n1. The molecule has 0 bridgehead atoms. The van der Waals surface area contributed by atoms with Crippen LogP contribution in [0.4, 0.5) is 4.39 Å². The van der Waals surface area contributed by atoms with E-state index in [4.69, 9.17) is 0 Å². The smallest absolute Gasteiger partial charge is 0.252 e. The van der Waals surface area contributed by atoms with Crippen molar-refractivity contribution in [3.63, 3.8) is 0 Å². The molecule has 1 unspecified atom stereocenters. The van der Waals surface area contributed by atoms with Crippen molar-refractivity contribution in [2.24, 2.45) is 0 Å². The van der Waals surface area contributed by atoms with Crippen molar-refractivity contribution in [1.82, 2.24) is 10.3 Å². The first-order valence-electron chi connectivity index (χ1n) is 6.96. The second kappa shape index (κ2) is 5.85. The van der Waals surface area contributed by atoms with Crippen molar-refractivity contribution in [1.29, 1.82) is 0 Å². The Morgan fingerprint density at radius 1 is 1.32 bits per heavy atom. The number of pyridine rings is 1. The predicted octanol–water partition coefficient (Wildman–Crippen LogP) is 4.23. The van der Waals surface area contributed by atoms with E-state index in [0.717, 1.165) is 4.88 Å². The number of aryl methyl sites for hydroxylation is 1. The molecule has 0 aliphatic carbocycles. The molecule has 112 valence electrons. The first-order valence-corrected chi connectivity index (χ1v) is 7.84. The number of nitrogens with zero attached hydrogens (tertiary/aromatic N) is 1. The molecular weight excluding hydrogens is 299 g/mol. The Morgan fingerprint density at radius 3 is 2.86 bits per heavy atom. The summed E-state index contributed by atoms with van der Waals surface area (Å²) in [5, 5.41) is 5.62. The van der Waals surface area contributed by atoms with Crippen LogP contribution in [0, 0.1) is 12.7 Å². The first kappa shape index (κ1) is 14.7. The Balaban J connectivity index is 1.97. The Kier molecular flexibility index (Phi) is 3.90. The summed E-state index contributed by atoms with van der Waals surface area (Å²) < 4.78 is 13.4. The Morgan fingerprint density at radius 2 is 2.14 bits per heavy atom. The molecule has 1 aromatic carbocycles. The summed E-state index contributed by atoms with van der Waals surface area (Å²) in [7, 11) is 0. The molecule has 0 radical (unpaired) electrons. The Hall–Kier alpha value is -2.27. The van der Waals surface area contributed by atoms with Gasteiger partial charge in [0.05, 0.1) is 17.1 Å². The molecule has 5 heteroatoms. The normalized spacial score (nSPS) is 12.3. The zero-order valence-electron chi connectivity index (χ0n) is 12.3. The summed E-state index contributed by atoms with van der Waals surface area (Å²) in [5.41, 5.74) is 1.70. The van der Waals surface area contributed by atoms with Crippen molar-refractivity contribution in [2.45, 2.75) is 19.9 Å². The maximum Gasteiger partial charge on any atom is 0.252 e. The highest BCUT2D eigenvalue weighted by Gasteiger charge is 2.16. The van der Waals surface area contributed by atoms with E-state index in [2.05, 4.69) is 10.3 Å². The van der Waals surface area contributed by atoms with Gasteiger partial charge in [-0.3, -0.25) is 9.78 Å². The van der Waals surface area contributed by atoms with Gasteiger partial charge in [0.1, 0.15) is 5.82 Å². The lowest BCUT2D eigenvalue weighted by Crippen LogP contribution is -2.26. The van der Waals surface area contributed by atoms with Crippen LogP contribution in [0.15, 0.2) is 41.8 Å². The minimum atomic E-state index is -0.357. The van der Waals surface area contributed by atoms with Gasteiger partial charge in [0.25, 0.3) is 5.91 Å². The molecule has 0 saturated carbocycles. The largest absolute Gasteiger partial charge is 0.345 e. The fourth-order valence-corrected chi connectivity index (χ4v) is 3.14. The third-order valence-corrected chi connectivity index (χ3v) is 4.52. The number of aromatic nitrogens is 1. The van der Waals surface area contributed by atoms with Gasteiger partial charge in [-0.05, 0) is 43.5 Å². The molecule has 1 amide bonds. The molecule has 0 saturated heterocycles. The number of amides is 1. The quantitative estimate of drug-likeness (QED) is 0.786. The highest BCUT2D eigenvalue weighted by Crippen LogP contribution is 2.22. The lowest BCUT2D eigenvalue weighted by atomic mass is 10.1. The van der Waals surface area contributed by atoms with Crippen molar-refractivity contribution < 1.29 is 9.18 Å². The Bertz CT molecular complexity index is 825. The van der Waals surface area contributed by atoms with Gasteiger partial charge in [0.2, 0.25) is 0 Å². The summed E-state index contributed by atoms with van der Waals surface area (Å²) >= 11 is 1.60. The van der Waals surface area contributed by atoms with E-state index < -0.39 is 0 Å². The van der Waals surface area contributed by atoms with Crippen molar-refractivity contribution >= 4 is 28.1 Å². The van der Waals surface area contributed by atoms with Gasteiger partial charge in [0, 0.05) is 22.0 Å². The topological polar surface area (TPSA) is 42.0 Å². The number of rotatable bonds is 3. The highest BCUT2D eigenvalue weighted by molar-refractivity contribution is 7.10. The van der Waals surface area contributed by atoms with Gasteiger partial charge in [-0.1, -0.05) is 6.07 Å². The van der Waals surface area contributed by atoms with Crippen LogP contribution in [0.2, 0.25) is 0 Å². The summed E-state index contributed by atoms with van der Waals surface area (Å²) in [6.07, 6.45) is 0. The van der Waals surface area contributed by atoms with E-state index >= 15 is 0 Å². The molecule has 0 fully saturated rings. The predicted molar refractivity (Wildman–Crippen MR) is 86.6 cm³/mol. The van der Waals surface area contributed by atoms with Crippen LogP contribution in [-0.2, 0) is 0 Å². The number of halogens is 1. The van der Waals surface area contributed by atoms with Gasteiger partial charge in [0.15, 0.2) is 0 Å². The fraction of sp³-hybridized carbons (Fsp3) is 0.176. The zero-order valence-corrected chi connectivity index (χ0v) is 13.1. The molecule has 2 aromatic heterocycles. The molecule has 3 aromatic rings. The number of nitrogens with one attached hydrogen (secondary N) is 1. The van der Waals surface area contributed by atoms with Gasteiger partial charge < -0.3 is 5.32 Å². The van der Waals surface area contributed by atoms with E-state index in [-0.39, 0.29) is 17.8 Å². The van der Waals surface area contributed by atoms with Gasteiger partial charge in [-0.15, -0.1) is 11.3 Å². The number of benzene rings is 1. The number of carbonyl (C=O) groups excluding carboxylic acids is 1. The fourth-order valence-electron chi connectivity index (χ4n) is 2.40. The van der Waals surface area contributed by atoms with E-state index in [9.17, 15) is 9.18 Å². The van der Waals surface area contributed by atoms with Crippen LogP contribution in [0.3, 0.4) is 0 Å². The molecule has 3 nitrogen and oxygen atoms in total. The van der Waals surface area contributed by atoms with E-state index in [1.807, 2.05) is 24.4 Å². The minimum absolute atomic E-state index is 0.0727. The summed E-state index contributed by atoms with van der Waals surface area (Å²) in [6, 6.07) is 9.90. The number of hydrogen-bond donors (Lipinski definition) is 1. The van der Waals surface area contributed by atoms with Gasteiger partial charge in [-0.25, -0.2) is 4.39 Å². The summed E-state index contributed by atoms with van der Waals surface area (Å²) in [4.78, 5) is 18.0. The number of fused-ring (bicyclic) bond motifs is 1. The van der Waals surface area contributed by atoms with E-state index in [1.165, 1.54) is 12.1 Å². The van der Waals surface area contributed by atoms with Gasteiger partial charge in [-0.2, -0.15) is 0 Å². The average Bonchev–Trinajstić information content (AvgIpc) is 3.00.